The summed E-state index contributed by atoms with van der Waals surface area (Å²) in [5.74, 6) is -1.83. The van der Waals surface area contributed by atoms with Gasteiger partial charge in [0.2, 0.25) is 6.29 Å². The molecule has 4 radical (unpaired) electrons. The van der Waals surface area contributed by atoms with Gasteiger partial charge in [0.15, 0.2) is 6.29 Å². The van der Waals surface area contributed by atoms with E-state index in [-0.39, 0.29) is 19.8 Å². The van der Waals surface area contributed by atoms with Crippen LogP contribution >= 0.6 is 7.91 Å². The third-order valence-electron chi connectivity index (χ3n) is 10.2. The zero-order valence-corrected chi connectivity index (χ0v) is 35.4. The Bertz CT molecular complexity index is 1790. The predicted octanol–water partition coefficient (Wildman–Crippen LogP) is 4.73. The molecule has 0 bridgehead atoms. The monoisotopic (exact) mass is 829 g/mol. The molecular formula is C40H50B2N3O11PSi. The number of rotatable bonds is 16. The van der Waals surface area contributed by atoms with Gasteiger partial charge in [-0.15, -0.1) is 0 Å². The minimum Gasteiger partial charge on any atom is -0.463 e. The minimum atomic E-state index is -3.16. The fourth-order valence-corrected chi connectivity index (χ4v) is 12.7. The number of aliphatic hydroxyl groups is 1. The number of ether oxygens (including phenoxy) is 6. The van der Waals surface area contributed by atoms with E-state index in [0.29, 0.717) is 0 Å². The van der Waals surface area contributed by atoms with Crippen molar-refractivity contribution in [1.82, 2.24) is 0 Å². The first-order valence-electron chi connectivity index (χ1n) is 19.0. The summed E-state index contributed by atoms with van der Waals surface area (Å²) in [5, 5.41) is 17.5. The summed E-state index contributed by atoms with van der Waals surface area (Å²) in [6.45, 7) is 10.3. The summed E-state index contributed by atoms with van der Waals surface area (Å²) in [7, 11) is 6.73. The Morgan fingerprint density at radius 1 is 0.845 bits per heavy atom. The lowest BCUT2D eigenvalue weighted by molar-refractivity contribution is -0.336. The molecule has 0 saturated carbocycles. The van der Waals surface area contributed by atoms with E-state index in [1.807, 2.05) is 91.0 Å². The normalized spacial score (nSPS) is 27.7. The quantitative estimate of drug-likeness (QED) is 0.0528. The van der Waals surface area contributed by atoms with Gasteiger partial charge in [-0.3, -0.25) is 9.59 Å². The fraction of sp³-hybridized carbons (Fsp3) is 0.500. The first-order valence-corrected chi connectivity index (χ1v) is 22.3. The Labute approximate surface area is 344 Å². The minimum absolute atomic E-state index is 0.123. The topological polar surface area (TPSA) is 177 Å². The lowest BCUT2D eigenvalue weighted by Crippen LogP contribution is -2.68. The van der Waals surface area contributed by atoms with Crippen LogP contribution in [0.4, 0.5) is 0 Å². The second-order valence-corrected chi connectivity index (χ2v) is 20.5. The molecule has 1 N–H and O–H groups in total. The van der Waals surface area contributed by atoms with E-state index in [9.17, 15) is 20.2 Å². The highest BCUT2D eigenvalue weighted by Crippen LogP contribution is 2.41. The molecule has 0 amide bonds. The van der Waals surface area contributed by atoms with E-state index >= 15 is 0 Å². The van der Waals surface area contributed by atoms with Crippen molar-refractivity contribution < 1.29 is 52.1 Å². The van der Waals surface area contributed by atoms with E-state index in [2.05, 4.69) is 30.8 Å². The molecule has 2 aliphatic rings. The second kappa shape index (κ2) is 20.6. The molecule has 58 heavy (non-hydrogen) atoms. The number of azide groups is 1. The molecule has 4 unspecified atom stereocenters. The summed E-state index contributed by atoms with van der Waals surface area (Å²) in [5.41, 5.74) is 10.6. The molecule has 2 heterocycles. The van der Waals surface area contributed by atoms with Crippen LogP contribution in [0.2, 0.25) is 5.04 Å². The van der Waals surface area contributed by atoms with Crippen LogP contribution in [-0.4, -0.2) is 109 Å². The van der Waals surface area contributed by atoms with Crippen molar-refractivity contribution in [3.63, 3.8) is 0 Å². The summed E-state index contributed by atoms with van der Waals surface area (Å²) >= 11 is 0. The molecule has 2 aliphatic heterocycles. The molecule has 3 aromatic carbocycles. The van der Waals surface area contributed by atoms with E-state index in [1.165, 1.54) is 13.8 Å². The van der Waals surface area contributed by atoms with E-state index in [1.54, 1.807) is 6.92 Å². The van der Waals surface area contributed by atoms with Gasteiger partial charge in [0, 0.05) is 24.7 Å². The van der Waals surface area contributed by atoms with Crippen LogP contribution in [0.25, 0.3) is 10.4 Å². The molecule has 5 rings (SSSR count). The standard InChI is InChI=1S/C40H50B2N3O11PSi/c1-25-35(50-22-28-16-10-7-11-17-28)36(32(23-49-26(2)46)54-38(25)52-27(3)47)55-39-33(44-45-43)37(56-57(41)42)34(48)31(53-39)24-51-58(40(4,5)6,29-18-12-8-13-19-29)30-20-14-9-15-21-30/h7-21,25,31-39,48H,22-24H2,1-6H3/t25?,31?,32?,33?,34-,35-,36-,37-,38-,39-/m1/s1. The number of aliphatic hydroxyl groups excluding tert-OH is 1. The van der Waals surface area contributed by atoms with Crippen molar-refractivity contribution in [2.75, 3.05) is 13.2 Å². The summed E-state index contributed by atoms with van der Waals surface area (Å²) in [6, 6.07) is 28.0. The van der Waals surface area contributed by atoms with Gasteiger partial charge in [0.1, 0.15) is 58.3 Å². The van der Waals surface area contributed by atoms with E-state index < -0.39 is 94.4 Å². The Morgan fingerprint density at radius 3 is 1.93 bits per heavy atom. The molecule has 2 fully saturated rings. The second-order valence-electron chi connectivity index (χ2n) is 15.3. The zero-order valence-electron chi connectivity index (χ0n) is 33.5. The molecule has 306 valence electrons. The number of hydrogen-bond acceptors (Lipinski definition) is 12. The molecule has 18 heteroatoms. The summed E-state index contributed by atoms with van der Waals surface area (Å²) < 4.78 is 50.1. The van der Waals surface area contributed by atoms with Crippen molar-refractivity contribution in [1.29, 1.82) is 0 Å². The molecular weight excluding hydrogens is 779 g/mol. The zero-order chi connectivity index (χ0) is 42.0. The third-order valence-corrected chi connectivity index (χ3v) is 15.7. The molecule has 14 nitrogen and oxygen atoms in total. The van der Waals surface area contributed by atoms with Crippen LogP contribution in [0.15, 0.2) is 96.1 Å². The number of hydrogen-bond donors (Lipinski definition) is 1. The first-order chi connectivity index (χ1) is 27.7. The Morgan fingerprint density at radius 2 is 1.41 bits per heavy atom. The third kappa shape index (κ3) is 11.0. The molecule has 2 saturated heterocycles. The lowest BCUT2D eigenvalue weighted by Gasteiger charge is -2.49. The first kappa shape index (κ1) is 45.5. The SMILES string of the molecule is [B]P([B])O[C@@H]1C(N=[N+]=[N-])[C@@H](O[C@@H]2C(COC(C)=O)O[C@@H](OC(C)=O)C(C)[C@H]2OCc2ccccc2)OC(CO[Si](c2ccccc2)(c2ccccc2)C(C)(C)C)[C@H]1O. The van der Waals surface area contributed by atoms with Gasteiger partial charge < -0.3 is 42.5 Å². The number of nitrogens with zero attached hydrogens (tertiary/aromatic N) is 3. The molecule has 10 atom stereocenters. The van der Waals surface area contributed by atoms with Gasteiger partial charge in [0.25, 0.3) is 8.32 Å². The van der Waals surface area contributed by atoms with Gasteiger partial charge in [-0.25, -0.2) is 0 Å². The van der Waals surface area contributed by atoms with Gasteiger partial charge >= 0.3 is 11.9 Å². The average Bonchev–Trinajstić information content (AvgIpc) is 3.18. The van der Waals surface area contributed by atoms with Gasteiger partial charge in [-0.1, -0.05) is 132 Å². The number of benzene rings is 3. The molecule has 0 aromatic heterocycles. The van der Waals surface area contributed by atoms with Crippen molar-refractivity contribution in [3.05, 3.63) is 107 Å². The van der Waals surface area contributed by atoms with Crippen LogP contribution in [0.5, 0.6) is 0 Å². The van der Waals surface area contributed by atoms with Gasteiger partial charge in [0.05, 0.1) is 19.3 Å². The molecule has 0 aliphatic carbocycles. The highest BCUT2D eigenvalue weighted by molar-refractivity contribution is 7.97. The predicted molar refractivity (Wildman–Crippen MR) is 221 cm³/mol. The highest BCUT2D eigenvalue weighted by atomic mass is 31.1. The average molecular weight is 830 g/mol. The maximum atomic E-state index is 12.2. The number of carbonyl (C=O) groups excluding carboxylic acids is 2. The number of esters is 2. The van der Waals surface area contributed by atoms with Crippen LogP contribution in [0.3, 0.4) is 0 Å². The smallest absolute Gasteiger partial charge is 0.304 e. The van der Waals surface area contributed by atoms with Crippen LogP contribution < -0.4 is 10.4 Å². The fourth-order valence-electron chi connectivity index (χ4n) is 7.57. The Balaban J connectivity index is 1.56. The Kier molecular flexibility index (Phi) is 16.1. The van der Waals surface area contributed by atoms with E-state index in [0.717, 1.165) is 15.9 Å². The van der Waals surface area contributed by atoms with Crippen molar-refractivity contribution >= 4 is 53.7 Å². The molecule has 0 spiro atoms. The van der Waals surface area contributed by atoms with Crippen molar-refractivity contribution in [2.24, 2.45) is 11.0 Å². The van der Waals surface area contributed by atoms with Crippen molar-refractivity contribution in [3.8, 4) is 0 Å². The van der Waals surface area contributed by atoms with Gasteiger partial charge in [-0.05, 0) is 26.5 Å². The maximum Gasteiger partial charge on any atom is 0.304 e. The largest absolute Gasteiger partial charge is 0.463 e. The van der Waals surface area contributed by atoms with Gasteiger partial charge in [-0.2, -0.15) is 0 Å². The molecule has 3 aromatic rings. The summed E-state index contributed by atoms with van der Waals surface area (Å²) in [4.78, 5) is 27.3. The summed E-state index contributed by atoms with van der Waals surface area (Å²) in [6.07, 6.45) is -9.52. The number of carbonyl (C=O) groups is 2. The highest BCUT2D eigenvalue weighted by Gasteiger charge is 2.55. The van der Waals surface area contributed by atoms with Crippen LogP contribution in [0, 0.1) is 5.92 Å². The van der Waals surface area contributed by atoms with Crippen LogP contribution in [0.1, 0.15) is 47.1 Å². The van der Waals surface area contributed by atoms with Crippen LogP contribution in [-0.2, 0) is 53.6 Å². The Hall–Kier alpha value is -3.59. The maximum absolute atomic E-state index is 12.2. The lowest BCUT2D eigenvalue weighted by atomic mass is 9.91. The van der Waals surface area contributed by atoms with E-state index in [4.69, 9.17) is 52.5 Å². The van der Waals surface area contributed by atoms with Crippen molar-refractivity contribution in [2.45, 2.75) is 108 Å².